The van der Waals surface area contributed by atoms with E-state index in [4.69, 9.17) is 4.74 Å². The monoisotopic (exact) mass is 328 g/mol. The first-order chi connectivity index (χ1) is 11.9. The maximum Gasteiger partial charge on any atom is 0.119 e. The molecule has 0 aromatic heterocycles. The fourth-order valence-electron chi connectivity index (χ4n) is 4.71. The second kappa shape index (κ2) is 7.88. The van der Waals surface area contributed by atoms with Crippen LogP contribution in [0.2, 0.25) is 0 Å². The quantitative estimate of drug-likeness (QED) is 0.810. The van der Waals surface area contributed by atoms with Crippen LogP contribution in [0.25, 0.3) is 0 Å². The molecule has 24 heavy (non-hydrogen) atoms. The molecule has 0 amide bonds. The molecule has 0 spiro atoms. The number of rotatable bonds is 5. The zero-order valence-electron chi connectivity index (χ0n) is 15.0. The topological polar surface area (TPSA) is 15.7 Å². The lowest BCUT2D eigenvalue weighted by atomic mass is 10.0. The molecule has 0 radical (unpaired) electrons. The largest absolute Gasteiger partial charge is 0.490 e. The molecule has 1 aliphatic carbocycles. The summed E-state index contributed by atoms with van der Waals surface area (Å²) < 4.78 is 6.08. The fourth-order valence-corrected chi connectivity index (χ4v) is 4.71. The fraction of sp³-hybridized carbons (Fsp3) is 0.714. The first kappa shape index (κ1) is 16.4. The molecule has 2 aliphatic heterocycles. The van der Waals surface area contributed by atoms with E-state index in [0.717, 1.165) is 18.3 Å². The van der Waals surface area contributed by atoms with Crippen molar-refractivity contribution in [2.45, 2.75) is 70.1 Å². The maximum absolute atomic E-state index is 6.08. The van der Waals surface area contributed by atoms with E-state index in [1.807, 2.05) is 0 Å². The van der Waals surface area contributed by atoms with Gasteiger partial charge in [-0.15, -0.1) is 0 Å². The van der Waals surface area contributed by atoms with Gasteiger partial charge in [-0.25, -0.2) is 0 Å². The molecule has 0 unspecified atom stereocenters. The summed E-state index contributed by atoms with van der Waals surface area (Å²) in [4.78, 5) is 5.38. The SMILES string of the molecule is c1cc(OC2CCCC2)ccc1CN1CCC[C@H](N2CCCC2)C1. The third kappa shape index (κ3) is 4.12. The van der Waals surface area contributed by atoms with Gasteiger partial charge in [0.25, 0.3) is 0 Å². The summed E-state index contributed by atoms with van der Waals surface area (Å²) in [5, 5.41) is 0. The summed E-state index contributed by atoms with van der Waals surface area (Å²) >= 11 is 0. The summed E-state index contributed by atoms with van der Waals surface area (Å²) in [6.07, 6.45) is 11.1. The Morgan fingerprint density at radius 1 is 0.833 bits per heavy atom. The van der Waals surface area contributed by atoms with Crippen LogP contribution in [-0.2, 0) is 6.54 Å². The van der Waals surface area contributed by atoms with E-state index >= 15 is 0 Å². The van der Waals surface area contributed by atoms with Gasteiger partial charge in [0.1, 0.15) is 5.75 Å². The van der Waals surface area contributed by atoms with Crippen molar-refractivity contribution >= 4 is 0 Å². The number of benzene rings is 1. The predicted molar refractivity (Wildman–Crippen MR) is 98.4 cm³/mol. The Labute approximate surface area is 147 Å². The lowest BCUT2D eigenvalue weighted by Gasteiger charge is -2.37. The van der Waals surface area contributed by atoms with E-state index in [0.29, 0.717) is 6.10 Å². The van der Waals surface area contributed by atoms with Gasteiger partial charge in [-0.3, -0.25) is 9.80 Å². The van der Waals surface area contributed by atoms with Gasteiger partial charge < -0.3 is 4.74 Å². The van der Waals surface area contributed by atoms with Crippen molar-refractivity contribution in [1.29, 1.82) is 0 Å². The molecule has 2 heterocycles. The van der Waals surface area contributed by atoms with Crippen molar-refractivity contribution < 1.29 is 4.74 Å². The molecule has 0 N–H and O–H groups in total. The van der Waals surface area contributed by atoms with Gasteiger partial charge in [0, 0.05) is 19.1 Å². The smallest absolute Gasteiger partial charge is 0.119 e. The minimum atomic E-state index is 0.458. The normalized spacial score (nSPS) is 26.9. The Morgan fingerprint density at radius 2 is 1.58 bits per heavy atom. The van der Waals surface area contributed by atoms with Crippen LogP contribution in [0.1, 0.15) is 56.9 Å². The molecule has 4 rings (SSSR count). The second-order valence-corrected chi connectivity index (χ2v) is 7.94. The lowest BCUT2D eigenvalue weighted by molar-refractivity contribution is 0.110. The highest BCUT2D eigenvalue weighted by molar-refractivity contribution is 5.27. The van der Waals surface area contributed by atoms with E-state index < -0.39 is 0 Å². The van der Waals surface area contributed by atoms with Crippen LogP contribution in [0.5, 0.6) is 5.75 Å². The number of likely N-dealkylation sites (tertiary alicyclic amines) is 2. The second-order valence-electron chi connectivity index (χ2n) is 7.94. The molecule has 132 valence electrons. The first-order valence-corrected chi connectivity index (χ1v) is 10.1. The molecule has 3 heteroatoms. The summed E-state index contributed by atoms with van der Waals surface area (Å²) in [6.45, 7) is 6.25. The van der Waals surface area contributed by atoms with Gasteiger partial charge in [-0.05, 0) is 88.7 Å². The minimum absolute atomic E-state index is 0.458. The van der Waals surface area contributed by atoms with Gasteiger partial charge >= 0.3 is 0 Å². The van der Waals surface area contributed by atoms with Crippen molar-refractivity contribution in [3.05, 3.63) is 29.8 Å². The molecule has 0 bridgehead atoms. The highest BCUT2D eigenvalue weighted by atomic mass is 16.5. The van der Waals surface area contributed by atoms with Crippen molar-refractivity contribution in [3.8, 4) is 5.75 Å². The van der Waals surface area contributed by atoms with E-state index in [1.165, 1.54) is 83.1 Å². The highest BCUT2D eigenvalue weighted by Gasteiger charge is 2.27. The van der Waals surface area contributed by atoms with Gasteiger partial charge in [0.15, 0.2) is 0 Å². The Hall–Kier alpha value is -1.06. The third-order valence-corrected chi connectivity index (χ3v) is 6.07. The van der Waals surface area contributed by atoms with Crippen molar-refractivity contribution in [2.24, 2.45) is 0 Å². The number of piperidine rings is 1. The number of ether oxygens (including phenoxy) is 1. The summed E-state index contributed by atoms with van der Waals surface area (Å²) in [5.74, 6) is 1.05. The number of nitrogens with zero attached hydrogens (tertiary/aromatic N) is 2. The Balaban J connectivity index is 1.29. The van der Waals surface area contributed by atoms with Crippen molar-refractivity contribution in [2.75, 3.05) is 26.2 Å². The Morgan fingerprint density at radius 3 is 2.33 bits per heavy atom. The van der Waals surface area contributed by atoms with Crippen LogP contribution >= 0.6 is 0 Å². The lowest BCUT2D eigenvalue weighted by Crippen LogP contribution is -2.46. The number of hydrogen-bond acceptors (Lipinski definition) is 3. The molecule has 3 nitrogen and oxygen atoms in total. The van der Waals surface area contributed by atoms with Crippen LogP contribution in [0.4, 0.5) is 0 Å². The third-order valence-electron chi connectivity index (χ3n) is 6.07. The molecular formula is C21H32N2O. The van der Waals surface area contributed by atoms with Crippen molar-refractivity contribution in [3.63, 3.8) is 0 Å². The van der Waals surface area contributed by atoms with Gasteiger partial charge in [-0.1, -0.05) is 12.1 Å². The van der Waals surface area contributed by atoms with E-state index in [1.54, 1.807) is 0 Å². The molecule has 2 saturated heterocycles. The van der Waals surface area contributed by atoms with Crippen LogP contribution in [0.3, 0.4) is 0 Å². The summed E-state index contributed by atoms with van der Waals surface area (Å²) in [7, 11) is 0. The van der Waals surface area contributed by atoms with Crippen LogP contribution < -0.4 is 4.74 Å². The standard InChI is InChI=1S/C21H32N2O/c1-2-8-20(7-1)24-21-11-9-18(10-12-21)16-22-13-5-6-19(17-22)23-14-3-4-15-23/h9-12,19-20H,1-8,13-17H2/t19-/m0/s1. The van der Waals surface area contributed by atoms with Gasteiger partial charge in [0.2, 0.25) is 0 Å². The predicted octanol–water partition coefficient (Wildman–Crippen LogP) is 4.07. The van der Waals surface area contributed by atoms with Crippen LogP contribution in [0, 0.1) is 0 Å². The highest BCUT2D eigenvalue weighted by Crippen LogP contribution is 2.25. The van der Waals surface area contributed by atoms with Gasteiger partial charge in [0.05, 0.1) is 6.10 Å². The molecule has 3 fully saturated rings. The Kier molecular flexibility index (Phi) is 5.39. The average Bonchev–Trinajstić information content (AvgIpc) is 3.30. The van der Waals surface area contributed by atoms with Crippen LogP contribution in [-0.4, -0.2) is 48.1 Å². The first-order valence-electron chi connectivity index (χ1n) is 10.1. The molecule has 3 aliphatic rings. The molecule has 1 aromatic carbocycles. The molecule has 1 saturated carbocycles. The van der Waals surface area contributed by atoms with E-state index in [-0.39, 0.29) is 0 Å². The van der Waals surface area contributed by atoms with Gasteiger partial charge in [-0.2, -0.15) is 0 Å². The zero-order chi connectivity index (χ0) is 16.2. The molecule has 1 atom stereocenters. The molecular weight excluding hydrogens is 296 g/mol. The van der Waals surface area contributed by atoms with Crippen LogP contribution in [0.15, 0.2) is 24.3 Å². The summed E-state index contributed by atoms with van der Waals surface area (Å²) in [6, 6.07) is 9.68. The zero-order valence-corrected chi connectivity index (χ0v) is 15.0. The average molecular weight is 329 g/mol. The maximum atomic E-state index is 6.08. The number of hydrogen-bond donors (Lipinski definition) is 0. The summed E-state index contributed by atoms with van der Waals surface area (Å²) in [5.41, 5.74) is 1.43. The molecule has 1 aromatic rings. The van der Waals surface area contributed by atoms with Crippen molar-refractivity contribution in [1.82, 2.24) is 9.80 Å². The minimum Gasteiger partial charge on any atom is -0.490 e. The Bertz CT molecular complexity index is 503. The van der Waals surface area contributed by atoms with E-state index in [9.17, 15) is 0 Å². The van der Waals surface area contributed by atoms with E-state index in [2.05, 4.69) is 34.1 Å².